The van der Waals surface area contributed by atoms with Crippen LogP contribution in [-0.4, -0.2) is 35.8 Å². The molecule has 27 heavy (non-hydrogen) atoms. The van der Waals surface area contributed by atoms with Crippen LogP contribution >= 0.6 is 0 Å². The van der Waals surface area contributed by atoms with E-state index in [0.29, 0.717) is 24.5 Å². The van der Waals surface area contributed by atoms with Gasteiger partial charge in [0.25, 0.3) is 5.91 Å². The van der Waals surface area contributed by atoms with E-state index in [1.807, 2.05) is 13.8 Å². The average molecular weight is 382 g/mol. The van der Waals surface area contributed by atoms with Gasteiger partial charge in [-0.05, 0) is 50.8 Å². The molecular weight excluding hydrogens is 353 g/mol. The van der Waals surface area contributed by atoms with Gasteiger partial charge >= 0.3 is 6.18 Å². The Hall–Kier alpha value is -2.11. The first-order chi connectivity index (χ1) is 12.6. The third kappa shape index (κ3) is 7.57. The van der Waals surface area contributed by atoms with E-state index in [9.17, 15) is 18.0 Å². The molecule has 0 aliphatic heterocycles. The fourth-order valence-corrected chi connectivity index (χ4v) is 2.68. The molecule has 1 aromatic carbocycles. The molecule has 0 unspecified atom stereocenters. The summed E-state index contributed by atoms with van der Waals surface area (Å²) in [5.74, 6) is -0.0846. The van der Waals surface area contributed by atoms with E-state index in [1.165, 1.54) is 12.1 Å². The molecule has 0 heterocycles. The van der Waals surface area contributed by atoms with Crippen LogP contribution < -0.4 is 0 Å². The Balaban J connectivity index is 2.96. The molecule has 1 rings (SSSR count). The molecule has 0 saturated carbocycles. The van der Waals surface area contributed by atoms with Crippen LogP contribution in [-0.2, 0) is 11.2 Å². The highest BCUT2D eigenvalue weighted by Crippen LogP contribution is 2.24. The van der Waals surface area contributed by atoms with Gasteiger partial charge in [-0.3, -0.25) is 9.79 Å². The molecule has 0 aliphatic carbocycles. The highest BCUT2D eigenvalue weighted by atomic mass is 19.4. The number of aliphatic imine (C=N–C) groups is 1. The van der Waals surface area contributed by atoms with Crippen LogP contribution in [0.25, 0.3) is 5.57 Å². The van der Waals surface area contributed by atoms with Crippen LogP contribution in [0.3, 0.4) is 0 Å². The lowest BCUT2D eigenvalue weighted by Gasteiger charge is -2.20. The number of halogens is 3. The third-order valence-corrected chi connectivity index (χ3v) is 4.43. The van der Waals surface area contributed by atoms with Crippen LogP contribution in [0.15, 0.2) is 35.0 Å². The van der Waals surface area contributed by atoms with E-state index in [4.69, 9.17) is 0 Å². The van der Waals surface area contributed by atoms with Crippen molar-refractivity contribution in [2.75, 3.05) is 13.1 Å². The van der Waals surface area contributed by atoms with Gasteiger partial charge in [0.1, 0.15) is 5.71 Å². The second-order valence-corrected chi connectivity index (χ2v) is 6.63. The first-order valence-electron chi connectivity index (χ1n) is 9.27. The van der Waals surface area contributed by atoms with Gasteiger partial charge in [-0.25, -0.2) is 0 Å². The molecule has 0 fully saturated rings. The Morgan fingerprint density at radius 3 is 2.15 bits per heavy atom. The monoisotopic (exact) mass is 382 g/mol. The summed E-state index contributed by atoms with van der Waals surface area (Å²) in [7, 11) is 0. The summed E-state index contributed by atoms with van der Waals surface area (Å²) < 4.78 is 37.4. The van der Waals surface area contributed by atoms with Gasteiger partial charge in [0, 0.05) is 18.8 Å². The number of unbranched alkanes of at least 4 members (excludes halogenated alkanes) is 1. The largest absolute Gasteiger partial charge is 0.393 e. The van der Waals surface area contributed by atoms with E-state index >= 15 is 0 Å². The molecule has 0 bridgehead atoms. The molecule has 150 valence electrons. The smallest absolute Gasteiger partial charge is 0.338 e. The van der Waals surface area contributed by atoms with Crippen LogP contribution in [0.5, 0.6) is 0 Å². The number of nitrogens with zero attached hydrogens (tertiary/aromatic N) is 2. The Morgan fingerprint density at radius 1 is 1.07 bits per heavy atom. The van der Waals surface area contributed by atoms with Gasteiger partial charge in [-0.1, -0.05) is 37.6 Å². The normalized spacial score (nSPS) is 13.4. The Kier molecular flexibility index (Phi) is 8.73. The van der Waals surface area contributed by atoms with Crippen molar-refractivity contribution in [2.45, 2.75) is 60.1 Å². The average Bonchev–Trinajstić information content (AvgIpc) is 2.60. The summed E-state index contributed by atoms with van der Waals surface area (Å²) >= 11 is 0. The van der Waals surface area contributed by atoms with E-state index in [0.717, 1.165) is 24.0 Å². The molecule has 1 aromatic rings. The first-order valence-corrected chi connectivity index (χ1v) is 9.27. The van der Waals surface area contributed by atoms with Crippen molar-refractivity contribution in [3.63, 3.8) is 0 Å². The number of carbonyl (C=O) groups excluding carboxylic acids is 1. The van der Waals surface area contributed by atoms with Crippen LogP contribution in [0.2, 0.25) is 0 Å². The first kappa shape index (κ1) is 22.9. The maximum absolute atomic E-state index is 12.5. The Morgan fingerprint density at radius 2 is 1.67 bits per heavy atom. The van der Waals surface area contributed by atoms with E-state index in [-0.39, 0.29) is 11.5 Å². The van der Waals surface area contributed by atoms with Crippen molar-refractivity contribution >= 4 is 17.2 Å². The van der Waals surface area contributed by atoms with E-state index < -0.39 is 12.6 Å². The number of hydrogen-bond donors (Lipinski definition) is 0. The van der Waals surface area contributed by atoms with Gasteiger partial charge in [-0.2, -0.15) is 13.2 Å². The van der Waals surface area contributed by atoms with Crippen molar-refractivity contribution in [2.24, 2.45) is 4.99 Å². The molecule has 0 N–H and O–H groups in total. The van der Waals surface area contributed by atoms with Gasteiger partial charge in [0.2, 0.25) is 0 Å². The summed E-state index contributed by atoms with van der Waals surface area (Å²) in [5, 5.41) is 0. The standard InChI is InChI=1S/C21H29F3N2O/c1-6-8-13-26(7-2)20(27)17(5)25-16(4)15(3)19-11-9-18(10-12-19)14-21(22,23)24/h9-12H,6-8,13-14H2,1-5H3/b16-15+,25-17?. The lowest BCUT2D eigenvalue weighted by Crippen LogP contribution is -2.36. The minimum Gasteiger partial charge on any atom is -0.338 e. The highest BCUT2D eigenvalue weighted by Gasteiger charge is 2.27. The SMILES string of the molecule is CCCCN(CC)C(=O)C(C)=N/C(C)=C(\C)c1ccc(CC(F)(F)F)cc1. The molecule has 1 amide bonds. The maximum Gasteiger partial charge on any atom is 0.393 e. The van der Waals surface area contributed by atoms with E-state index in [1.54, 1.807) is 30.9 Å². The molecule has 6 heteroatoms. The van der Waals surface area contributed by atoms with Crippen molar-refractivity contribution < 1.29 is 18.0 Å². The summed E-state index contributed by atoms with van der Waals surface area (Å²) in [6.07, 6.45) is -3.19. The van der Waals surface area contributed by atoms with Gasteiger partial charge in [0.15, 0.2) is 0 Å². The summed E-state index contributed by atoms with van der Waals surface area (Å²) in [6, 6.07) is 6.27. The molecule has 0 atom stereocenters. The van der Waals surface area contributed by atoms with Crippen LogP contribution in [0.1, 0.15) is 58.6 Å². The minimum atomic E-state index is -4.22. The fourth-order valence-electron chi connectivity index (χ4n) is 2.68. The lowest BCUT2D eigenvalue weighted by molar-refractivity contribution is -0.127. The molecule has 0 aliphatic rings. The highest BCUT2D eigenvalue weighted by molar-refractivity contribution is 6.38. The maximum atomic E-state index is 12.5. The van der Waals surface area contributed by atoms with Crippen molar-refractivity contribution in [3.8, 4) is 0 Å². The van der Waals surface area contributed by atoms with Crippen molar-refractivity contribution in [1.82, 2.24) is 4.90 Å². The topological polar surface area (TPSA) is 32.7 Å². The number of alkyl halides is 3. The lowest BCUT2D eigenvalue weighted by atomic mass is 10.0. The quantitative estimate of drug-likeness (QED) is 0.535. The second kappa shape index (κ2) is 10.3. The van der Waals surface area contributed by atoms with Gasteiger partial charge in [0.05, 0.1) is 6.42 Å². The molecule has 0 saturated heterocycles. The van der Waals surface area contributed by atoms with Gasteiger partial charge < -0.3 is 4.90 Å². The summed E-state index contributed by atoms with van der Waals surface area (Å²) in [4.78, 5) is 18.7. The zero-order chi connectivity index (χ0) is 20.6. The zero-order valence-corrected chi connectivity index (χ0v) is 16.8. The number of allylic oxidation sites excluding steroid dienone is 2. The van der Waals surface area contributed by atoms with Crippen LogP contribution in [0.4, 0.5) is 13.2 Å². The molecule has 3 nitrogen and oxygen atoms in total. The van der Waals surface area contributed by atoms with Gasteiger partial charge in [-0.15, -0.1) is 0 Å². The fraction of sp³-hybridized carbons (Fsp3) is 0.524. The molecule has 0 spiro atoms. The summed E-state index contributed by atoms with van der Waals surface area (Å²) in [5.41, 5.74) is 2.94. The number of benzene rings is 1. The second-order valence-electron chi connectivity index (χ2n) is 6.63. The Labute approximate surface area is 160 Å². The van der Waals surface area contributed by atoms with Crippen molar-refractivity contribution in [1.29, 1.82) is 0 Å². The van der Waals surface area contributed by atoms with E-state index in [2.05, 4.69) is 11.9 Å². The number of carbonyl (C=O) groups is 1. The minimum absolute atomic E-state index is 0.0846. The van der Waals surface area contributed by atoms with Crippen molar-refractivity contribution in [3.05, 3.63) is 41.1 Å². The molecule has 0 aromatic heterocycles. The third-order valence-electron chi connectivity index (χ3n) is 4.43. The predicted molar refractivity (Wildman–Crippen MR) is 105 cm³/mol. The summed E-state index contributed by atoms with van der Waals surface area (Å²) in [6.45, 7) is 10.7. The number of rotatable bonds is 8. The zero-order valence-electron chi connectivity index (χ0n) is 16.8. The van der Waals surface area contributed by atoms with Crippen LogP contribution in [0, 0.1) is 0 Å². The number of amides is 1. The number of hydrogen-bond acceptors (Lipinski definition) is 2. The predicted octanol–water partition coefficient (Wildman–Crippen LogP) is 5.65. The Bertz CT molecular complexity index is 688. The molecule has 0 radical (unpaired) electrons. The molecular formula is C21H29F3N2O.